The van der Waals surface area contributed by atoms with E-state index in [1.54, 1.807) is 18.2 Å². The number of halogens is 1. The van der Waals surface area contributed by atoms with Gasteiger partial charge in [0.2, 0.25) is 0 Å². The number of hydrogen-bond acceptors (Lipinski definition) is 4. The van der Waals surface area contributed by atoms with Gasteiger partial charge in [-0.3, -0.25) is 14.5 Å². The lowest BCUT2D eigenvalue weighted by Crippen LogP contribution is -2.36. The highest BCUT2D eigenvalue weighted by Crippen LogP contribution is 2.20. The summed E-state index contributed by atoms with van der Waals surface area (Å²) in [6, 6.07) is 6.26. The molecule has 1 aromatic carbocycles. The quantitative estimate of drug-likeness (QED) is 0.704. The van der Waals surface area contributed by atoms with Crippen molar-refractivity contribution < 1.29 is 24.2 Å². The fraction of sp³-hybridized carbons (Fsp3) is 0.333. The Balaban J connectivity index is 2.45. The van der Waals surface area contributed by atoms with Gasteiger partial charge in [-0.1, -0.05) is 12.1 Å². The second-order valence-electron chi connectivity index (χ2n) is 3.78. The Labute approximate surface area is 114 Å². The molecule has 5 nitrogen and oxygen atoms in total. The van der Waals surface area contributed by atoms with E-state index in [0.29, 0.717) is 10.6 Å². The minimum Gasteiger partial charge on any atom is -0.480 e. The highest BCUT2D eigenvalue weighted by Gasteiger charge is 2.13. The molecule has 0 bridgehead atoms. The lowest BCUT2D eigenvalue weighted by atomic mass is 10.3. The number of hydrogen-bond donors (Lipinski definition) is 2. The average molecular weight is 287 g/mol. The molecule has 0 aliphatic carbocycles. The van der Waals surface area contributed by atoms with Crippen molar-refractivity contribution in [2.45, 2.75) is 4.90 Å². The van der Waals surface area contributed by atoms with Crippen LogP contribution in [0.3, 0.4) is 0 Å². The fourth-order valence-corrected chi connectivity index (χ4v) is 2.39. The molecule has 0 spiro atoms. The number of rotatable bonds is 8. The van der Waals surface area contributed by atoms with E-state index >= 15 is 0 Å². The summed E-state index contributed by atoms with van der Waals surface area (Å²) in [5.74, 6) is -2.09. The number of benzene rings is 1. The molecule has 0 saturated heterocycles. The molecule has 0 heterocycles. The zero-order chi connectivity index (χ0) is 14.3. The molecule has 0 amide bonds. The van der Waals surface area contributed by atoms with E-state index in [0.717, 1.165) is 0 Å². The highest BCUT2D eigenvalue weighted by molar-refractivity contribution is 7.99. The summed E-state index contributed by atoms with van der Waals surface area (Å²) in [5.41, 5.74) is 0. The van der Waals surface area contributed by atoms with E-state index in [1.807, 2.05) is 0 Å². The SMILES string of the molecule is O=C(O)CN(CCSc1ccccc1F)CC(=O)O. The molecule has 0 aromatic heterocycles. The molecule has 0 fully saturated rings. The van der Waals surface area contributed by atoms with Crippen LogP contribution in [-0.2, 0) is 9.59 Å². The predicted octanol–water partition coefficient (Wildman–Crippen LogP) is 1.39. The number of nitrogens with zero attached hydrogens (tertiary/aromatic N) is 1. The molecule has 1 rings (SSSR count). The maximum atomic E-state index is 13.3. The third-order valence-corrected chi connectivity index (χ3v) is 3.25. The van der Waals surface area contributed by atoms with Crippen LogP contribution >= 0.6 is 11.8 Å². The zero-order valence-electron chi connectivity index (χ0n) is 10.1. The Hall–Kier alpha value is -1.60. The van der Waals surface area contributed by atoms with Gasteiger partial charge in [0.25, 0.3) is 0 Å². The van der Waals surface area contributed by atoms with Crippen molar-refractivity contribution in [1.29, 1.82) is 0 Å². The summed E-state index contributed by atoms with van der Waals surface area (Å²) in [6.45, 7) is -0.425. The molecule has 0 atom stereocenters. The fourth-order valence-electron chi connectivity index (χ4n) is 1.44. The number of carboxylic acids is 2. The van der Waals surface area contributed by atoms with Gasteiger partial charge in [0.1, 0.15) is 5.82 Å². The smallest absolute Gasteiger partial charge is 0.317 e. The predicted molar refractivity (Wildman–Crippen MR) is 68.8 cm³/mol. The summed E-state index contributed by atoms with van der Waals surface area (Å²) in [7, 11) is 0. The second kappa shape index (κ2) is 7.75. The van der Waals surface area contributed by atoms with Crippen molar-refractivity contribution in [2.24, 2.45) is 0 Å². The monoisotopic (exact) mass is 287 g/mol. The van der Waals surface area contributed by atoms with Gasteiger partial charge >= 0.3 is 11.9 Å². The largest absolute Gasteiger partial charge is 0.480 e. The maximum absolute atomic E-state index is 13.3. The Kier molecular flexibility index (Phi) is 6.31. The summed E-state index contributed by atoms with van der Waals surface area (Å²) in [4.78, 5) is 22.9. The molecule has 2 N–H and O–H groups in total. The first kappa shape index (κ1) is 15.5. The van der Waals surface area contributed by atoms with Crippen molar-refractivity contribution in [1.82, 2.24) is 4.90 Å². The van der Waals surface area contributed by atoms with Gasteiger partial charge in [-0.15, -0.1) is 11.8 Å². The average Bonchev–Trinajstić information content (AvgIpc) is 2.30. The standard InChI is InChI=1S/C12H14FNO4S/c13-9-3-1-2-4-10(9)19-6-5-14(7-11(15)16)8-12(17)18/h1-4H,5-8H2,(H,15,16)(H,17,18). The molecule has 0 radical (unpaired) electrons. The normalized spacial score (nSPS) is 10.6. The van der Waals surface area contributed by atoms with Crippen molar-refractivity contribution in [3.8, 4) is 0 Å². The van der Waals surface area contributed by atoms with Crippen molar-refractivity contribution >= 4 is 23.7 Å². The number of carboxylic acid groups (broad SMARTS) is 2. The first-order chi connectivity index (χ1) is 8.99. The molecular formula is C12H14FNO4S. The number of carbonyl (C=O) groups is 2. The number of aliphatic carboxylic acids is 2. The van der Waals surface area contributed by atoms with Crippen LogP contribution in [0.15, 0.2) is 29.2 Å². The van der Waals surface area contributed by atoms with Gasteiger partial charge in [-0.25, -0.2) is 4.39 Å². The Bertz CT molecular complexity index is 439. The van der Waals surface area contributed by atoms with Crippen LogP contribution in [0, 0.1) is 5.82 Å². The van der Waals surface area contributed by atoms with Crippen molar-refractivity contribution in [2.75, 3.05) is 25.4 Å². The van der Waals surface area contributed by atoms with Crippen LogP contribution in [0.5, 0.6) is 0 Å². The minimum atomic E-state index is -1.09. The van der Waals surface area contributed by atoms with Gasteiger partial charge in [-0.2, -0.15) is 0 Å². The topological polar surface area (TPSA) is 77.8 Å². The molecule has 0 saturated carbocycles. The summed E-state index contributed by atoms with van der Waals surface area (Å²) in [6.07, 6.45) is 0. The van der Waals surface area contributed by atoms with E-state index in [4.69, 9.17) is 10.2 Å². The van der Waals surface area contributed by atoms with E-state index < -0.39 is 11.9 Å². The van der Waals surface area contributed by atoms with Crippen LogP contribution in [0.1, 0.15) is 0 Å². The van der Waals surface area contributed by atoms with E-state index in [2.05, 4.69) is 0 Å². The molecule has 0 aliphatic rings. The second-order valence-corrected chi connectivity index (χ2v) is 4.91. The summed E-state index contributed by atoms with van der Waals surface area (Å²) >= 11 is 1.23. The highest BCUT2D eigenvalue weighted by atomic mass is 32.2. The Morgan fingerprint density at radius 2 is 1.74 bits per heavy atom. The van der Waals surface area contributed by atoms with E-state index in [9.17, 15) is 14.0 Å². The first-order valence-electron chi connectivity index (χ1n) is 5.52. The molecular weight excluding hydrogens is 273 g/mol. The first-order valence-corrected chi connectivity index (χ1v) is 6.51. The minimum absolute atomic E-state index is 0.262. The van der Waals surface area contributed by atoms with Crippen molar-refractivity contribution in [3.63, 3.8) is 0 Å². The third kappa shape index (κ3) is 6.21. The van der Waals surface area contributed by atoms with Crippen LogP contribution in [0.2, 0.25) is 0 Å². The molecule has 1 aromatic rings. The van der Waals surface area contributed by atoms with Crippen LogP contribution < -0.4 is 0 Å². The van der Waals surface area contributed by atoms with Gasteiger partial charge in [-0.05, 0) is 12.1 Å². The third-order valence-electron chi connectivity index (χ3n) is 2.22. The van der Waals surface area contributed by atoms with Gasteiger partial charge < -0.3 is 10.2 Å². The van der Waals surface area contributed by atoms with Gasteiger partial charge in [0, 0.05) is 17.2 Å². The van der Waals surface area contributed by atoms with Crippen LogP contribution in [0.25, 0.3) is 0 Å². The van der Waals surface area contributed by atoms with Crippen LogP contribution in [0.4, 0.5) is 4.39 Å². The Morgan fingerprint density at radius 3 is 2.26 bits per heavy atom. The summed E-state index contributed by atoms with van der Waals surface area (Å²) < 4.78 is 13.3. The lowest BCUT2D eigenvalue weighted by Gasteiger charge is -2.17. The molecule has 0 aliphatic heterocycles. The molecule has 7 heteroatoms. The lowest BCUT2D eigenvalue weighted by molar-refractivity contribution is -0.141. The Morgan fingerprint density at radius 1 is 1.16 bits per heavy atom. The maximum Gasteiger partial charge on any atom is 0.317 e. The molecule has 0 unspecified atom stereocenters. The van der Waals surface area contributed by atoms with E-state index in [-0.39, 0.29) is 25.5 Å². The van der Waals surface area contributed by atoms with Gasteiger partial charge in [0.15, 0.2) is 0 Å². The molecule has 19 heavy (non-hydrogen) atoms. The van der Waals surface area contributed by atoms with Crippen LogP contribution in [-0.4, -0.2) is 52.4 Å². The van der Waals surface area contributed by atoms with Gasteiger partial charge in [0.05, 0.1) is 13.1 Å². The zero-order valence-corrected chi connectivity index (χ0v) is 10.9. The number of thioether (sulfide) groups is 1. The summed E-state index contributed by atoms with van der Waals surface area (Å²) in [5, 5.41) is 17.3. The van der Waals surface area contributed by atoms with E-state index in [1.165, 1.54) is 22.7 Å². The van der Waals surface area contributed by atoms with Crippen molar-refractivity contribution in [3.05, 3.63) is 30.1 Å². The molecule has 104 valence electrons.